The molecule has 102 valence electrons. The van der Waals surface area contributed by atoms with Crippen molar-refractivity contribution in [1.82, 2.24) is 15.5 Å². The Kier molecular flexibility index (Phi) is 5.46. The molecule has 0 aromatic carbocycles. The van der Waals surface area contributed by atoms with Crippen molar-refractivity contribution in [2.24, 2.45) is 0 Å². The minimum atomic E-state index is 0.240. The van der Waals surface area contributed by atoms with Gasteiger partial charge in [-0.3, -0.25) is 0 Å². The predicted octanol–water partition coefficient (Wildman–Crippen LogP) is 1.80. The van der Waals surface area contributed by atoms with Gasteiger partial charge in [0.2, 0.25) is 5.89 Å². The van der Waals surface area contributed by atoms with Crippen LogP contribution in [0.1, 0.15) is 36.7 Å². The zero-order chi connectivity index (χ0) is 12.8. The smallest absolute Gasteiger partial charge is 0.228 e. The predicted molar refractivity (Wildman–Crippen MR) is 71.8 cm³/mol. The molecule has 18 heavy (non-hydrogen) atoms. The standard InChI is InChI=1S/C12H21N3O2S/c1-3-13-9(8-16-2)7-11-14-12(15-17-11)10-5-4-6-18-10/h9-10,13H,3-8H2,1-2H3. The number of nitrogens with zero attached hydrogens (tertiary/aromatic N) is 2. The van der Waals surface area contributed by atoms with Crippen LogP contribution in [0.5, 0.6) is 0 Å². The second kappa shape index (κ2) is 7.11. The van der Waals surface area contributed by atoms with Crippen LogP contribution in [0.4, 0.5) is 0 Å². The molecule has 0 radical (unpaired) electrons. The van der Waals surface area contributed by atoms with Crippen LogP contribution in [0, 0.1) is 0 Å². The number of nitrogens with one attached hydrogen (secondary N) is 1. The molecule has 0 bridgehead atoms. The van der Waals surface area contributed by atoms with Crippen molar-refractivity contribution in [1.29, 1.82) is 0 Å². The average molecular weight is 271 g/mol. The summed E-state index contributed by atoms with van der Waals surface area (Å²) >= 11 is 1.92. The summed E-state index contributed by atoms with van der Waals surface area (Å²) in [6.07, 6.45) is 3.15. The molecular weight excluding hydrogens is 250 g/mol. The van der Waals surface area contributed by atoms with Crippen molar-refractivity contribution in [3.63, 3.8) is 0 Å². The van der Waals surface area contributed by atoms with E-state index in [4.69, 9.17) is 9.26 Å². The van der Waals surface area contributed by atoms with Crippen LogP contribution in [0.3, 0.4) is 0 Å². The molecular formula is C12H21N3O2S. The minimum Gasteiger partial charge on any atom is -0.383 e. The summed E-state index contributed by atoms with van der Waals surface area (Å²) in [5, 5.41) is 7.88. The maximum absolute atomic E-state index is 5.33. The summed E-state index contributed by atoms with van der Waals surface area (Å²) in [6, 6.07) is 0.240. The van der Waals surface area contributed by atoms with Gasteiger partial charge in [0, 0.05) is 19.6 Å². The topological polar surface area (TPSA) is 60.2 Å². The van der Waals surface area contributed by atoms with Crippen molar-refractivity contribution < 1.29 is 9.26 Å². The SMILES string of the molecule is CCNC(COC)Cc1nc(C2CCCS2)no1. The Bertz CT molecular complexity index is 347. The van der Waals surface area contributed by atoms with Crippen molar-refractivity contribution in [2.45, 2.75) is 37.5 Å². The molecule has 1 N–H and O–H groups in total. The van der Waals surface area contributed by atoms with Gasteiger partial charge < -0.3 is 14.6 Å². The molecule has 0 amide bonds. The monoisotopic (exact) mass is 271 g/mol. The second-order valence-electron chi connectivity index (χ2n) is 4.46. The highest BCUT2D eigenvalue weighted by molar-refractivity contribution is 7.99. The zero-order valence-electron chi connectivity index (χ0n) is 11.0. The molecule has 1 aromatic heterocycles. The van der Waals surface area contributed by atoms with Gasteiger partial charge in [-0.25, -0.2) is 0 Å². The number of hydrogen-bond acceptors (Lipinski definition) is 6. The molecule has 2 rings (SSSR count). The van der Waals surface area contributed by atoms with Crippen LogP contribution < -0.4 is 5.32 Å². The lowest BCUT2D eigenvalue weighted by Gasteiger charge is -2.14. The summed E-state index contributed by atoms with van der Waals surface area (Å²) in [5.41, 5.74) is 0. The van der Waals surface area contributed by atoms with Crippen LogP contribution in [-0.4, -0.2) is 42.2 Å². The Morgan fingerprint density at radius 2 is 2.50 bits per heavy atom. The molecule has 2 atom stereocenters. The molecule has 0 spiro atoms. The highest BCUT2D eigenvalue weighted by Crippen LogP contribution is 2.38. The summed E-state index contributed by atoms with van der Waals surface area (Å²) in [4.78, 5) is 4.50. The Morgan fingerprint density at radius 1 is 1.61 bits per heavy atom. The number of aromatic nitrogens is 2. The quantitative estimate of drug-likeness (QED) is 0.816. The Labute approximate surface area is 112 Å². The molecule has 1 aliphatic rings. The van der Waals surface area contributed by atoms with E-state index in [1.54, 1.807) is 7.11 Å². The molecule has 1 aliphatic heterocycles. The average Bonchev–Trinajstić information content (AvgIpc) is 2.98. The van der Waals surface area contributed by atoms with E-state index in [1.165, 1.54) is 18.6 Å². The normalized spacial score (nSPS) is 21.3. The molecule has 2 heterocycles. The Balaban J connectivity index is 1.91. The molecule has 2 unspecified atom stereocenters. The fourth-order valence-electron chi connectivity index (χ4n) is 2.15. The summed E-state index contributed by atoms with van der Waals surface area (Å²) in [5.74, 6) is 2.78. The number of methoxy groups -OCH3 is 1. The van der Waals surface area contributed by atoms with Gasteiger partial charge in [-0.1, -0.05) is 12.1 Å². The van der Waals surface area contributed by atoms with Crippen LogP contribution >= 0.6 is 11.8 Å². The summed E-state index contributed by atoms with van der Waals surface area (Å²) in [6.45, 7) is 3.65. The number of likely N-dealkylation sites (N-methyl/N-ethyl adjacent to an activating group) is 1. The number of ether oxygens (including phenoxy) is 1. The van der Waals surface area contributed by atoms with Crippen LogP contribution in [0.15, 0.2) is 4.52 Å². The maximum atomic E-state index is 5.33. The third-order valence-electron chi connectivity index (χ3n) is 2.98. The van der Waals surface area contributed by atoms with Gasteiger partial charge in [-0.2, -0.15) is 16.7 Å². The van der Waals surface area contributed by atoms with E-state index in [2.05, 4.69) is 22.4 Å². The largest absolute Gasteiger partial charge is 0.383 e. The van der Waals surface area contributed by atoms with Gasteiger partial charge in [0.1, 0.15) is 0 Å². The number of thioether (sulfide) groups is 1. The van der Waals surface area contributed by atoms with E-state index in [9.17, 15) is 0 Å². The fourth-order valence-corrected chi connectivity index (χ4v) is 3.35. The first-order chi connectivity index (χ1) is 8.83. The zero-order valence-corrected chi connectivity index (χ0v) is 11.8. The summed E-state index contributed by atoms with van der Waals surface area (Å²) < 4.78 is 10.5. The van der Waals surface area contributed by atoms with Crippen LogP contribution in [-0.2, 0) is 11.2 Å². The third kappa shape index (κ3) is 3.70. The van der Waals surface area contributed by atoms with Gasteiger partial charge in [0.25, 0.3) is 0 Å². The van der Waals surface area contributed by atoms with Gasteiger partial charge >= 0.3 is 0 Å². The first-order valence-electron chi connectivity index (χ1n) is 6.50. The lowest BCUT2D eigenvalue weighted by molar-refractivity contribution is 0.162. The van der Waals surface area contributed by atoms with Gasteiger partial charge in [0.05, 0.1) is 11.9 Å². The van der Waals surface area contributed by atoms with Crippen molar-refractivity contribution >= 4 is 11.8 Å². The first kappa shape index (κ1) is 13.8. The fraction of sp³-hybridized carbons (Fsp3) is 0.833. The molecule has 0 aliphatic carbocycles. The van der Waals surface area contributed by atoms with Crippen molar-refractivity contribution in [3.8, 4) is 0 Å². The van der Waals surface area contributed by atoms with Gasteiger partial charge in [-0.15, -0.1) is 0 Å². The lowest BCUT2D eigenvalue weighted by atomic mass is 10.2. The highest BCUT2D eigenvalue weighted by atomic mass is 32.2. The van der Waals surface area contributed by atoms with Gasteiger partial charge in [-0.05, 0) is 25.1 Å². The molecule has 6 heteroatoms. The van der Waals surface area contributed by atoms with Gasteiger partial charge in [0.15, 0.2) is 5.82 Å². The van der Waals surface area contributed by atoms with E-state index in [0.717, 1.165) is 18.8 Å². The lowest BCUT2D eigenvalue weighted by Crippen LogP contribution is -2.35. The number of rotatable bonds is 7. The van der Waals surface area contributed by atoms with Crippen LogP contribution in [0.25, 0.3) is 0 Å². The molecule has 1 fully saturated rings. The van der Waals surface area contributed by atoms with Crippen molar-refractivity contribution in [2.75, 3.05) is 26.0 Å². The van der Waals surface area contributed by atoms with E-state index < -0.39 is 0 Å². The van der Waals surface area contributed by atoms with Crippen molar-refractivity contribution in [3.05, 3.63) is 11.7 Å². The first-order valence-corrected chi connectivity index (χ1v) is 7.54. The second-order valence-corrected chi connectivity index (χ2v) is 5.77. The minimum absolute atomic E-state index is 0.240. The highest BCUT2D eigenvalue weighted by Gasteiger charge is 2.23. The molecule has 5 nitrogen and oxygen atoms in total. The molecule has 1 saturated heterocycles. The van der Waals surface area contributed by atoms with E-state index in [0.29, 0.717) is 17.7 Å². The number of hydrogen-bond donors (Lipinski definition) is 1. The Morgan fingerprint density at radius 3 is 3.17 bits per heavy atom. The summed E-state index contributed by atoms with van der Waals surface area (Å²) in [7, 11) is 1.71. The van der Waals surface area contributed by atoms with E-state index in [1.807, 2.05) is 11.8 Å². The van der Waals surface area contributed by atoms with E-state index in [-0.39, 0.29) is 6.04 Å². The maximum Gasteiger partial charge on any atom is 0.228 e. The molecule has 0 saturated carbocycles. The Hall–Kier alpha value is -0.590. The molecule has 1 aromatic rings. The van der Waals surface area contributed by atoms with Crippen LogP contribution in [0.2, 0.25) is 0 Å². The third-order valence-corrected chi connectivity index (χ3v) is 4.36. The van der Waals surface area contributed by atoms with E-state index >= 15 is 0 Å².